The number of rotatable bonds is 13. The van der Waals surface area contributed by atoms with E-state index in [9.17, 15) is 30.6 Å². The molecule has 7 N–H and O–H groups in total. The highest BCUT2D eigenvalue weighted by Gasteiger charge is 2.75. The van der Waals surface area contributed by atoms with Crippen LogP contribution in [0.3, 0.4) is 0 Å². The first-order chi connectivity index (χ1) is 31.1. The van der Waals surface area contributed by atoms with Crippen molar-refractivity contribution in [2.24, 2.45) is 44.0 Å². The van der Waals surface area contributed by atoms with Crippen molar-refractivity contribution in [3.63, 3.8) is 0 Å². The topological polar surface area (TPSA) is 158 Å². The molecule has 0 unspecified atom stereocenters. The smallest absolute Gasteiger partial charge is 0.169 e. The number of aryl methyl sites for hydroxylation is 2. The van der Waals surface area contributed by atoms with Crippen LogP contribution >= 0.6 is 0 Å². The van der Waals surface area contributed by atoms with E-state index >= 15 is 0 Å². The zero-order valence-corrected chi connectivity index (χ0v) is 37.3. The molecular formula is C55H65N3O6. The molecule has 8 atom stereocenters. The zero-order chi connectivity index (χ0) is 44.2. The maximum Gasteiger partial charge on any atom is 0.169 e. The maximum atomic E-state index is 12.4. The zero-order valence-electron chi connectivity index (χ0n) is 37.3. The summed E-state index contributed by atoms with van der Waals surface area (Å²) < 4.78 is 0. The molecule has 336 valence electrons. The van der Waals surface area contributed by atoms with E-state index in [0.29, 0.717) is 53.4 Å². The fourth-order valence-electron chi connectivity index (χ4n) is 14.8. The van der Waals surface area contributed by atoms with Crippen LogP contribution in [0.25, 0.3) is 22.9 Å². The van der Waals surface area contributed by atoms with Gasteiger partial charge in [0.05, 0.1) is 17.2 Å². The highest BCUT2D eigenvalue weighted by molar-refractivity contribution is 6.34. The van der Waals surface area contributed by atoms with Crippen molar-refractivity contribution >= 4 is 34.9 Å². The second kappa shape index (κ2) is 17.0. The van der Waals surface area contributed by atoms with Crippen molar-refractivity contribution in [3.05, 3.63) is 100 Å². The Morgan fingerprint density at radius 1 is 0.766 bits per heavy atom. The lowest BCUT2D eigenvalue weighted by Crippen LogP contribution is -2.74. The van der Waals surface area contributed by atoms with Gasteiger partial charge in [0.25, 0.3) is 0 Å². The van der Waals surface area contributed by atoms with Gasteiger partial charge in [-0.25, -0.2) is 0 Å². The van der Waals surface area contributed by atoms with Crippen LogP contribution in [0.4, 0.5) is 0 Å². The van der Waals surface area contributed by atoms with Gasteiger partial charge in [0.15, 0.2) is 23.0 Å². The number of phenolic OH excluding ortho intramolecular Hbond substituents is 5. The molecule has 0 bridgehead atoms. The van der Waals surface area contributed by atoms with E-state index in [4.69, 9.17) is 9.98 Å². The number of allylic oxidation sites excluding steroid dienone is 1. The van der Waals surface area contributed by atoms with E-state index in [0.717, 1.165) is 49.9 Å². The Labute approximate surface area is 377 Å². The minimum absolute atomic E-state index is 0.0938. The number of nitrogens with zero attached hydrogens (tertiary/aromatic N) is 2. The molecule has 0 saturated heterocycles. The summed E-state index contributed by atoms with van der Waals surface area (Å²) in [7, 11) is 0. The predicted molar refractivity (Wildman–Crippen MR) is 255 cm³/mol. The van der Waals surface area contributed by atoms with Crippen LogP contribution in [0.15, 0.2) is 76.7 Å². The normalized spacial score (nSPS) is 30.4. The fraction of sp³-hybridized carbons (Fsp3) is 0.491. The summed E-state index contributed by atoms with van der Waals surface area (Å²) in [6.07, 6.45) is 27.2. The summed E-state index contributed by atoms with van der Waals surface area (Å²) in [5.41, 5.74) is 6.69. The first kappa shape index (κ1) is 42.8. The number of hydrogen-bond acceptors (Lipinski definition) is 9. The average molecular weight is 864 g/mol. The van der Waals surface area contributed by atoms with Crippen molar-refractivity contribution in [1.29, 1.82) is 0 Å². The third-order valence-electron chi connectivity index (χ3n) is 17.4. The summed E-state index contributed by atoms with van der Waals surface area (Å²) in [6, 6.07) is 16.6. The van der Waals surface area contributed by atoms with Gasteiger partial charge in [-0.15, -0.1) is 0 Å². The maximum absolute atomic E-state index is 12.4. The van der Waals surface area contributed by atoms with Crippen molar-refractivity contribution in [2.75, 3.05) is 6.67 Å². The van der Waals surface area contributed by atoms with Crippen molar-refractivity contribution in [1.82, 2.24) is 5.32 Å². The Morgan fingerprint density at radius 2 is 1.64 bits per heavy atom. The molecule has 0 aromatic heterocycles. The van der Waals surface area contributed by atoms with E-state index < -0.39 is 6.10 Å². The summed E-state index contributed by atoms with van der Waals surface area (Å²) in [5.74, 6) is 0.0781. The van der Waals surface area contributed by atoms with Gasteiger partial charge in [-0.1, -0.05) is 93.3 Å². The number of benzene rings is 4. The molecule has 0 radical (unpaired) electrons. The number of nitrogens with one attached hydrogen (secondary N) is 1. The van der Waals surface area contributed by atoms with E-state index in [1.165, 1.54) is 87.1 Å². The van der Waals surface area contributed by atoms with Crippen LogP contribution in [-0.2, 0) is 25.8 Å². The van der Waals surface area contributed by atoms with E-state index in [2.05, 4.69) is 48.8 Å². The molecule has 10 rings (SSSR count). The number of phenols is 5. The number of fused-ring (bicyclic) bond motifs is 2. The highest BCUT2D eigenvalue weighted by atomic mass is 16.3. The SMILES string of the molecule is CCCCCc1cc(CCc2c(O)c(O)c3c(O)cccc3c2/C=C\c2ccc(O)c(O)c2)ccc1CN[C@H]1CC[C@@H]2CCC[C@@]23CC[C@]24CCC[C@@H]2C=C[C@@H](O)[C@@H]4[C@@]13C1=NCN=C1. The van der Waals surface area contributed by atoms with Crippen molar-refractivity contribution in [2.45, 2.75) is 128 Å². The lowest BCUT2D eigenvalue weighted by Gasteiger charge is -2.71. The van der Waals surface area contributed by atoms with Gasteiger partial charge in [0, 0.05) is 35.7 Å². The van der Waals surface area contributed by atoms with Gasteiger partial charge in [-0.05, 0) is 151 Å². The monoisotopic (exact) mass is 863 g/mol. The number of aromatic hydroxyl groups is 5. The highest BCUT2D eigenvalue weighted by Crippen LogP contribution is 2.76. The fourth-order valence-corrected chi connectivity index (χ4v) is 14.8. The summed E-state index contributed by atoms with van der Waals surface area (Å²) in [5, 5.41) is 71.1. The molecule has 4 fully saturated rings. The van der Waals surface area contributed by atoms with Crippen LogP contribution in [0.2, 0.25) is 0 Å². The lowest BCUT2D eigenvalue weighted by atomic mass is 9.34. The van der Waals surface area contributed by atoms with E-state index in [-0.39, 0.29) is 62.3 Å². The molecular weight excluding hydrogens is 799 g/mol. The molecule has 2 spiro atoms. The molecule has 5 aliphatic carbocycles. The third-order valence-corrected chi connectivity index (χ3v) is 17.4. The third kappa shape index (κ3) is 6.78. The van der Waals surface area contributed by atoms with Gasteiger partial charge in [-0.3, -0.25) is 9.98 Å². The molecule has 64 heavy (non-hydrogen) atoms. The molecule has 4 aromatic rings. The van der Waals surface area contributed by atoms with Crippen molar-refractivity contribution < 1.29 is 30.6 Å². The second-order valence-corrected chi connectivity index (χ2v) is 20.1. The number of aliphatic hydroxyl groups excluding tert-OH is 1. The first-order valence-electron chi connectivity index (χ1n) is 24.2. The Balaban J connectivity index is 0.980. The van der Waals surface area contributed by atoms with Crippen LogP contribution in [0, 0.1) is 34.0 Å². The van der Waals surface area contributed by atoms with Crippen LogP contribution < -0.4 is 5.32 Å². The number of unbranched alkanes of at least 4 members (excludes halogenated alkanes) is 2. The van der Waals surface area contributed by atoms with Crippen molar-refractivity contribution in [3.8, 4) is 28.7 Å². The minimum Gasteiger partial charge on any atom is -0.507 e. The molecule has 1 aliphatic heterocycles. The van der Waals surface area contributed by atoms with Gasteiger partial charge in [0.2, 0.25) is 0 Å². The number of aliphatic hydroxyl groups is 1. The van der Waals surface area contributed by atoms with Gasteiger partial charge in [-0.2, -0.15) is 0 Å². The number of aliphatic imine (C=N–C) groups is 2. The Hall–Kier alpha value is -5.12. The Bertz CT molecular complexity index is 2560. The molecule has 1 heterocycles. The lowest BCUT2D eigenvalue weighted by molar-refractivity contribution is -0.187. The minimum atomic E-state index is -0.498. The van der Waals surface area contributed by atoms with Crippen LogP contribution in [0.1, 0.15) is 124 Å². The summed E-state index contributed by atoms with van der Waals surface area (Å²) in [6.45, 7) is 3.46. The molecule has 6 aliphatic rings. The molecule has 4 aromatic carbocycles. The second-order valence-electron chi connectivity index (χ2n) is 20.1. The van der Waals surface area contributed by atoms with Gasteiger partial charge >= 0.3 is 0 Å². The van der Waals surface area contributed by atoms with Crippen LogP contribution in [0.5, 0.6) is 28.7 Å². The molecule has 9 heteroatoms. The molecule has 0 amide bonds. The Kier molecular flexibility index (Phi) is 11.4. The largest absolute Gasteiger partial charge is 0.507 e. The predicted octanol–water partition coefficient (Wildman–Crippen LogP) is 10.7. The molecule has 4 saturated carbocycles. The van der Waals surface area contributed by atoms with Gasteiger partial charge in [0.1, 0.15) is 12.4 Å². The standard InChI is InChI=1S/C55H65N3O6/c1-2-3-4-8-36-29-34(15-21-42-40(20-14-35-16-22-43(59)46(62)30-35)41-11-5-12-44(60)49(41)51(64)50(42)63)13-17-37(36)31-57-47-24-19-39-10-7-26-54(39)28-27-53-25-6-9-38(53)18-23-45(61)52(53)55(47,54)48-32-56-33-58-48/h5,11-14,16-18,20,22-23,29-30,32,38-39,45,47,52,57,59-64H,2-4,6-10,15,19,21,24-28,31,33H2,1H3/b20-14-/t38-,39+,45-,47+,52+,53-,54-,55+/m1/s1. The quantitative estimate of drug-likeness (QED) is 0.0305. The van der Waals surface area contributed by atoms with Gasteiger partial charge < -0.3 is 36.0 Å². The first-order valence-corrected chi connectivity index (χ1v) is 24.2. The number of hydrogen-bond donors (Lipinski definition) is 7. The Morgan fingerprint density at radius 3 is 2.47 bits per heavy atom. The summed E-state index contributed by atoms with van der Waals surface area (Å²) in [4.78, 5) is 10.1. The average Bonchev–Trinajstić information content (AvgIpc) is 4.08. The summed E-state index contributed by atoms with van der Waals surface area (Å²) >= 11 is 0. The molecule has 9 nitrogen and oxygen atoms in total. The van der Waals surface area contributed by atoms with E-state index in [1.54, 1.807) is 18.2 Å². The van der Waals surface area contributed by atoms with E-state index in [1.807, 2.05) is 12.1 Å². The van der Waals surface area contributed by atoms with Crippen LogP contribution in [-0.4, -0.2) is 61.4 Å².